The van der Waals surface area contributed by atoms with Crippen LogP contribution in [0, 0.1) is 0 Å². The number of pyridine rings is 1. The van der Waals surface area contributed by atoms with Gasteiger partial charge in [-0.25, -0.2) is 4.79 Å². The summed E-state index contributed by atoms with van der Waals surface area (Å²) in [7, 11) is 0. The van der Waals surface area contributed by atoms with Crippen LogP contribution in [-0.4, -0.2) is 16.1 Å². The smallest absolute Gasteiger partial charge is 0.416 e. The lowest BCUT2D eigenvalue weighted by Gasteiger charge is -2.10. The molecular formula is C20H18F3NO3. The molecule has 0 unspecified atom stereocenters. The number of carbonyl (C=O) groups is 1. The van der Waals surface area contributed by atoms with Gasteiger partial charge in [0.25, 0.3) is 0 Å². The van der Waals surface area contributed by atoms with E-state index >= 15 is 0 Å². The third-order valence-electron chi connectivity index (χ3n) is 3.65. The highest BCUT2D eigenvalue weighted by molar-refractivity contribution is 5.94. The molecule has 0 bridgehead atoms. The van der Waals surface area contributed by atoms with Crippen LogP contribution >= 0.6 is 0 Å². The van der Waals surface area contributed by atoms with Crippen molar-refractivity contribution in [3.8, 4) is 5.75 Å². The lowest BCUT2D eigenvalue weighted by molar-refractivity contribution is -0.137. The molecule has 3 rings (SSSR count). The van der Waals surface area contributed by atoms with E-state index in [-0.39, 0.29) is 17.9 Å². The molecule has 0 saturated heterocycles. The quantitative estimate of drug-likeness (QED) is 0.647. The molecule has 1 N–H and O–H groups in total. The first-order valence-electron chi connectivity index (χ1n) is 8.25. The Labute approximate surface area is 154 Å². The Morgan fingerprint density at radius 1 is 1.07 bits per heavy atom. The summed E-state index contributed by atoms with van der Waals surface area (Å²) in [4.78, 5) is 15.2. The number of aromatic carboxylic acids is 1. The topological polar surface area (TPSA) is 59.4 Å². The van der Waals surface area contributed by atoms with Gasteiger partial charge in [0.05, 0.1) is 16.8 Å². The summed E-state index contributed by atoms with van der Waals surface area (Å²) in [6.07, 6.45) is -2.86. The molecule has 0 fully saturated rings. The fourth-order valence-electron chi connectivity index (χ4n) is 2.38. The van der Waals surface area contributed by atoms with E-state index in [0.29, 0.717) is 11.1 Å². The first kappa shape index (κ1) is 20.2. The zero-order chi connectivity index (χ0) is 20.0. The summed E-state index contributed by atoms with van der Waals surface area (Å²) < 4.78 is 43.1. The summed E-state index contributed by atoms with van der Waals surface area (Å²) in [5.74, 6) is -0.741. The number of carboxylic acid groups (broad SMARTS) is 1. The van der Waals surface area contributed by atoms with Gasteiger partial charge in [0, 0.05) is 11.6 Å². The molecule has 0 aliphatic carbocycles. The number of benzene rings is 2. The van der Waals surface area contributed by atoms with Gasteiger partial charge in [0.1, 0.15) is 12.4 Å². The van der Waals surface area contributed by atoms with Crippen LogP contribution in [0.3, 0.4) is 0 Å². The molecule has 0 saturated carbocycles. The fraction of sp³-hybridized carbons (Fsp3) is 0.200. The van der Waals surface area contributed by atoms with E-state index in [2.05, 4.69) is 4.98 Å². The largest absolute Gasteiger partial charge is 0.487 e. The van der Waals surface area contributed by atoms with Gasteiger partial charge in [0.2, 0.25) is 0 Å². The minimum Gasteiger partial charge on any atom is -0.487 e. The maximum atomic E-state index is 12.5. The Kier molecular flexibility index (Phi) is 6.39. The fourth-order valence-corrected chi connectivity index (χ4v) is 2.38. The molecule has 2 aromatic carbocycles. The van der Waals surface area contributed by atoms with Crippen LogP contribution in [0.4, 0.5) is 13.2 Å². The van der Waals surface area contributed by atoms with Crippen molar-refractivity contribution in [2.45, 2.75) is 26.6 Å². The van der Waals surface area contributed by atoms with Gasteiger partial charge in [-0.05, 0) is 47.9 Å². The van der Waals surface area contributed by atoms with Crippen molar-refractivity contribution in [2.75, 3.05) is 0 Å². The minimum absolute atomic E-state index is 0.0507. The monoisotopic (exact) mass is 377 g/mol. The van der Waals surface area contributed by atoms with Gasteiger partial charge in [-0.2, -0.15) is 13.2 Å². The molecule has 0 aliphatic heterocycles. The van der Waals surface area contributed by atoms with E-state index < -0.39 is 17.7 Å². The number of hydrogen-bond donors (Lipinski definition) is 1. The predicted molar refractivity (Wildman–Crippen MR) is 95.8 cm³/mol. The summed E-state index contributed by atoms with van der Waals surface area (Å²) in [5.41, 5.74) is -0.0213. The van der Waals surface area contributed by atoms with E-state index in [1.165, 1.54) is 30.5 Å². The molecule has 0 amide bonds. The third kappa shape index (κ3) is 4.97. The zero-order valence-corrected chi connectivity index (χ0v) is 14.7. The molecule has 7 heteroatoms. The summed E-state index contributed by atoms with van der Waals surface area (Å²) in [6, 6.07) is 10.7. The maximum Gasteiger partial charge on any atom is 0.416 e. The maximum absolute atomic E-state index is 12.5. The normalized spacial score (nSPS) is 10.9. The number of ether oxygens (including phenoxy) is 1. The Morgan fingerprint density at radius 3 is 2.33 bits per heavy atom. The zero-order valence-electron chi connectivity index (χ0n) is 14.7. The number of halogens is 3. The molecule has 1 aromatic heterocycles. The van der Waals surface area contributed by atoms with Gasteiger partial charge in [-0.3, -0.25) is 4.98 Å². The molecule has 27 heavy (non-hydrogen) atoms. The van der Waals surface area contributed by atoms with Crippen molar-refractivity contribution >= 4 is 16.7 Å². The second kappa shape index (κ2) is 8.53. The van der Waals surface area contributed by atoms with Crippen molar-refractivity contribution < 1.29 is 27.8 Å². The van der Waals surface area contributed by atoms with Crippen LogP contribution in [0.1, 0.15) is 35.5 Å². The summed E-state index contributed by atoms with van der Waals surface area (Å²) >= 11 is 0. The first-order chi connectivity index (χ1) is 12.8. The number of rotatable bonds is 4. The standard InChI is InChI=1S/C18H12F3NO3.C2H6/c19-18(20,21)13-2-4-14(5-3-13)25-10-16-15-6-1-12(17(23)24)9-11(15)7-8-22-16;1-2/h1-9H,10H2,(H,23,24);1-2H3. The number of fused-ring (bicyclic) bond motifs is 1. The summed E-state index contributed by atoms with van der Waals surface area (Å²) in [5, 5.41) is 10.4. The molecule has 0 atom stereocenters. The molecule has 142 valence electrons. The molecule has 4 nitrogen and oxygen atoms in total. The minimum atomic E-state index is -4.39. The van der Waals surface area contributed by atoms with Crippen LogP contribution in [0.5, 0.6) is 5.75 Å². The Balaban J connectivity index is 0.00000126. The number of alkyl halides is 3. The van der Waals surface area contributed by atoms with Crippen molar-refractivity contribution in [2.24, 2.45) is 0 Å². The highest BCUT2D eigenvalue weighted by Gasteiger charge is 2.30. The second-order valence-electron chi connectivity index (χ2n) is 5.31. The highest BCUT2D eigenvalue weighted by Crippen LogP contribution is 2.30. The van der Waals surface area contributed by atoms with Crippen molar-refractivity contribution in [1.82, 2.24) is 4.98 Å². The van der Waals surface area contributed by atoms with Crippen LogP contribution in [0.2, 0.25) is 0 Å². The van der Waals surface area contributed by atoms with Crippen molar-refractivity contribution in [1.29, 1.82) is 0 Å². The Bertz CT molecular complexity index is 922. The van der Waals surface area contributed by atoms with Crippen LogP contribution in [-0.2, 0) is 12.8 Å². The van der Waals surface area contributed by atoms with Crippen LogP contribution < -0.4 is 4.74 Å². The SMILES string of the molecule is CC.O=C(O)c1ccc2c(COc3ccc(C(F)(F)F)cc3)nccc2c1. The molecular weight excluding hydrogens is 359 g/mol. The molecule has 0 spiro atoms. The third-order valence-corrected chi connectivity index (χ3v) is 3.65. The molecule has 1 heterocycles. The van der Waals surface area contributed by atoms with Gasteiger partial charge < -0.3 is 9.84 Å². The number of aromatic nitrogens is 1. The average Bonchev–Trinajstić information content (AvgIpc) is 2.67. The van der Waals surface area contributed by atoms with E-state index in [4.69, 9.17) is 9.84 Å². The van der Waals surface area contributed by atoms with Gasteiger partial charge >= 0.3 is 12.1 Å². The molecule has 0 radical (unpaired) electrons. The van der Waals surface area contributed by atoms with Crippen molar-refractivity contribution in [3.05, 3.63) is 71.5 Å². The Morgan fingerprint density at radius 2 is 1.74 bits per heavy atom. The number of nitrogens with zero attached hydrogens (tertiary/aromatic N) is 1. The van der Waals surface area contributed by atoms with Gasteiger partial charge in [-0.1, -0.05) is 19.9 Å². The van der Waals surface area contributed by atoms with Crippen molar-refractivity contribution in [3.63, 3.8) is 0 Å². The second-order valence-corrected chi connectivity index (χ2v) is 5.31. The van der Waals surface area contributed by atoms with E-state index in [0.717, 1.165) is 17.5 Å². The lowest BCUT2D eigenvalue weighted by atomic mass is 10.1. The van der Waals surface area contributed by atoms with Gasteiger partial charge in [0.15, 0.2) is 0 Å². The van der Waals surface area contributed by atoms with Gasteiger partial charge in [-0.15, -0.1) is 0 Å². The first-order valence-corrected chi connectivity index (χ1v) is 8.25. The molecule has 0 aliphatic rings. The van der Waals surface area contributed by atoms with E-state index in [9.17, 15) is 18.0 Å². The van der Waals surface area contributed by atoms with E-state index in [1.807, 2.05) is 13.8 Å². The van der Waals surface area contributed by atoms with E-state index in [1.54, 1.807) is 12.1 Å². The lowest BCUT2D eigenvalue weighted by Crippen LogP contribution is -2.05. The average molecular weight is 377 g/mol. The highest BCUT2D eigenvalue weighted by atomic mass is 19.4. The number of hydrogen-bond acceptors (Lipinski definition) is 3. The van der Waals surface area contributed by atoms with Crippen LogP contribution in [0.25, 0.3) is 10.8 Å². The number of carboxylic acids is 1. The summed E-state index contributed by atoms with van der Waals surface area (Å²) in [6.45, 7) is 4.05. The molecule has 3 aromatic rings. The predicted octanol–water partition coefficient (Wildman–Crippen LogP) is 5.56. The van der Waals surface area contributed by atoms with Crippen LogP contribution in [0.15, 0.2) is 54.7 Å². The Hall–Kier alpha value is -3.09.